The van der Waals surface area contributed by atoms with Gasteiger partial charge in [0.15, 0.2) is 0 Å². The molecule has 2 amide bonds. The standard InChI is InChI=1S/C28H31N5O5/c1-15-11-18(33-25(36)31-23(34)22(32-33)30-26(37)38-27(3,4)5)12-16(2)19(15)13-17-7-8-21-20(14-17)28(9-6-10-28)24(35)29-21/h7-8,11-12,14H,6,9-10,13H2,1-5H3,(H,29,35)(H,30,32,37)(H,31,34,36). The molecule has 1 saturated carbocycles. The minimum Gasteiger partial charge on any atom is -0.444 e. The topological polar surface area (TPSA) is 135 Å². The maximum atomic E-state index is 12.6. The summed E-state index contributed by atoms with van der Waals surface area (Å²) in [6, 6.07) is 9.79. The summed E-state index contributed by atoms with van der Waals surface area (Å²) in [5.41, 5.74) is 3.84. The van der Waals surface area contributed by atoms with E-state index in [0.29, 0.717) is 12.1 Å². The highest BCUT2D eigenvalue weighted by molar-refractivity contribution is 6.07. The number of nitrogens with zero attached hydrogens (tertiary/aromatic N) is 2. The van der Waals surface area contributed by atoms with Crippen molar-refractivity contribution in [2.75, 3.05) is 10.6 Å². The van der Waals surface area contributed by atoms with Crippen LogP contribution in [-0.2, 0) is 21.4 Å². The SMILES string of the molecule is Cc1cc(-n2nc(NC(=O)OC(C)(C)C)c(=O)[nH]c2=O)cc(C)c1Cc1ccc2c(c1)C1(CCC1)C(=O)N2. The van der Waals surface area contributed by atoms with Gasteiger partial charge in [0.1, 0.15) is 5.60 Å². The number of nitrogens with one attached hydrogen (secondary N) is 3. The maximum Gasteiger partial charge on any atom is 0.413 e. The Balaban J connectivity index is 1.44. The molecule has 10 heteroatoms. The molecule has 0 bridgehead atoms. The van der Waals surface area contributed by atoms with E-state index in [-0.39, 0.29) is 17.1 Å². The van der Waals surface area contributed by atoms with E-state index in [1.165, 1.54) is 0 Å². The molecule has 2 aromatic carbocycles. The van der Waals surface area contributed by atoms with Gasteiger partial charge in [-0.3, -0.25) is 19.9 Å². The van der Waals surface area contributed by atoms with Crippen molar-refractivity contribution < 1.29 is 14.3 Å². The average Bonchev–Trinajstić information content (AvgIpc) is 3.08. The Morgan fingerprint density at radius 1 is 1.11 bits per heavy atom. The van der Waals surface area contributed by atoms with Crippen molar-refractivity contribution in [1.82, 2.24) is 14.8 Å². The normalized spacial score (nSPS) is 15.6. The number of hydrogen-bond acceptors (Lipinski definition) is 6. The molecule has 38 heavy (non-hydrogen) atoms. The van der Waals surface area contributed by atoms with Crippen molar-refractivity contribution in [3.05, 3.63) is 79.0 Å². The molecule has 0 saturated heterocycles. The summed E-state index contributed by atoms with van der Waals surface area (Å²) in [5.74, 6) is -0.239. The van der Waals surface area contributed by atoms with Gasteiger partial charge < -0.3 is 10.1 Å². The molecule has 10 nitrogen and oxygen atoms in total. The van der Waals surface area contributed by atoms with Crippen molar-refractivity contribution >= 4 is 23.5 Å². The van der Waals surface area contributed by atoms with E-state index in [1.807, 2.05) is 38.1 Å². The number of anilines is 2. The summed E-state index contributed by atoms with van der Waals surface area (Å²) in [4.78, 5) is 51.8. The highest BCUT2D eigenvalue weighted by atomic mass is 16.6. The lowest BCUT2D eigenvalue weighted by Crippen LogP contribution is -2.40. The van der Waals surface area contributed by atoms with E-state index in [9.17, 15) is 19.2 Å². The fourth-order valence-electron chi connectivity index (χ4n) is 5.23. The van der Waals surface area contributed by atoms with Gasteiger partial charge in [0, 0.05) is 5.69 Å². The fraction of sp³-hybridized carbons (Fsp3) is 0.393. The van der Waals surface area contributed by atoms with Crippen molar-refractivity contribution in [3.63, 3.8) is 0 Å². The lowest BCUT2D eigenvalue weighted by Gasteiger charge is -2.36. The van der Waals surface area contributed by atoms with Gasteiger partial charge in [-0.15, -0.1) is 5.10 Å². The van der Waals surface area contributed by atoms with E-state index in [4.69, 9.17) is 4.74 Å². The van der Waals surface area contributed by atoms with Crippen LogP contribution in [0.2, 0.25) is 0 Å². The number of benzene rings is 2. The van der Waals surface area contributed by atoms with Crippen LogP contribution in [0.15, 0.2) is 39.9 Å². The Kier molecular flexibility index (Phi) is 6.00. The molecule has 3 N–H and O–H groups in total. The monoisotopic (exact) mass is 517 g/mol. The highest BCUT2D eigenvalue weighted by Gasteiger charge is 2.50. The Labute approximate surface area is 219 Å². The molecule has 1 spiro atoms. The average molecular weight is 518 g/mol. The van der Waals surface area contributed by atoms with E-state index >= 15 is 0 Å². The number of amides is 2. The fourth-order valence-corrected chi connectivity index (χ4v) is 5.23. The highest BCUT2D eigenvalue weighted by Crippen LogP contribution is 2.51. The molecule has 2 heterocycles. The smallest absolute Gasteiger partial charge is 0.413 e. The van der Waals surface area contributed by atoms with Crippen LogP contribution >= 0.6 is 0 Å². The molecule has 0 radical (unpaired) electrons. The zero-order valence-corrected chi connectivity index (χ0v) is 22.2. The van der Waals surface area contributed by atoms with Crippen LogP contribution in [0.3, 0.4) is 0 Å². The van der Waals surface area contributed by atoms with E-state index in [2.05, 4.69) is 26.8 Å². The van der Waals surface area contributed by atoms with Gasteiger partial charge in [0.2, 0.25) is 11.7 Å². The minimum absolute atomic E-state index is 0.104. The van der Waals surface area contributed by atoms with Gasteiger partial charge in [-0.05, 0) is 99.9 Å². The van der Waals surface area contributed by atoms with Gasteiger partial charge in [0.25, 0.3) is 5.56 Å². The van der Waals surface area contributed by atoms with Gasteiger partial charge in [-0.2, -0.15) is 4.68 Å². The number of fused-ring (bicyclic) bond motifs is 2. The summed E-state index contributed by atoms with van der Waals surface area (Å²) in [7, 11) is 0. The van der Waals surface area contributed by atoms with Crippen molar-refractivity contribution in [2.45, 2.75) is 71.3 Å². The molecule has 2 aliphatic rings. The lowest BCUT2D eigenvalue weighted by atomic mass is 9.65. The molecule has 1 aliphatic heterocycles. The first kappa shape index (κ1) is 25.4. The Morgan fingerprint density at radius 2 is 1.79 bits per heavy atom. The number of ether oxygens (including phenoxy) is 1. The molecule has 198 valence electrons. The molecule has 3 aromatic rings. The number of rotatable bonds is 4. The Hall–Kier alpha value is -4.21. The first-order chi connectivity index (χ1) is 17.9. The molecule has 0 unspecified atom stereocenters. The second-order valence-corrected chi connectivity index (χ2v) is 11.2. The van der Waals surface area contributed by atoms with Gasteiger partial charge in [0.05, 0.1) is 11.1 Å². The van der Waals surface area contributed by atoms with E-state index < -0.39 is 22.9 Å². The predicted octanol–water partition coefficient (Wildman–Crippen LogP) is 3.85. The maximum absolute atomic E-state index is 12.6. The van der Waals surface area contributed by atoms with Crippen molar-refractivity contribution in [1.29, 1.82) is 0 Å². The van der Waals surface area contributed by atoms with Crippen molar-refractivity contribution in [3.8, 4) is 5.69 Å². The van der Waals surface area contributed by atoms with Crippen LogP contribution in [0.25, 0.3) is 5.69 Å². The third-order valence-corrected chi connectivity index (χ3v) is 7.24. The molecular formula is C28H31N5O5. The molecule has 1 fully saturated rings. The zero-order valence-electron chi connectivity index (χ0n) is 22.2. The molecule has 5 rings (SSSR count). The summed E-state index contributed by atoms with van der Waals surface area (Å²) < 4.78 is 6.23. The van der Waals surface area contributed by atoms with Crippen LogP contribution in [0.5, 0.6) is 0 Å². The number of H-pyrrole nitrogens is 1. The quantitative estimate of drug-likeness (QED) is 0.481. The summed E-state index contributed by atoms with van der Waals surface area (Å²) in [6.07, 6.45) is 2.64. The van der Waals surface area contributed by atoms with Crippen LogP contribution in [0.4, 0.5) is 16.3 Å². The van der Waals surface area contributed by atoms with Gasteiger partial charge >= 0.3 is 11.8 Å². The summed E-state index contributed by atoms with van der Waals surface area (Å²) in [5, 5.41) is 9.44. The molecular weight excluding hydrogens is 486 g/mol. The largest absolute Gasteiger partial charge is 0.444 e. The first-order valence-corrected chi connectivity index (χ1v) is 12.7. The Bertz CT molecular complexity index is 1570. The van der Waals surface area contributed by atoms with E-state index in [0.717, 1.165) is 57.4 Å². The number of aromatic amines is 1. The third-order valence-electron chi connectivity index (χ3n) is 7.24. The Morgan fingerprint density at radius 3 is 2.39 bits per heavy atom. The lowest BCUT2D eigenvalue weighted by molar-refractivity contribution is -0.123. The second kappa shape index (κ2) is 8.97. The number of carbonyl (C=O) groups excluding carboxylic acids is 2. The third kappa shape index (κ3) is 4.51. The summed E-state index contributed by atoms with van der Waals surface area (Å²) in [6.45, 7) is 9.00. The van der Waals surface area contributed by atoms with Crippen LogP contribution in [0.1, 0.15) is 67.9 Å². The summed E-state index contributed by atoms with van der Waals surface area (Å²) >= 11 is 0. The predicted molar refractivity (Wildman–Crippen MR) is 143 cm³/mol. The zero-order chi connectivity index (χ0) is 27.4. The number of hydrogen-bond donors (Lipinski definition) is 3. The molecule has 0 atom stereocenters. The number of carbonyl (C=O) groups is 2. The molecule has 1 aliphatic carbocycles. The van der Waals surface area contributed by atoms with Gasteiger partial charge in [-0.1, -0.05) is 18.6 Å². The van der Waals surface area contributed by atoms with Gasteiger partial charge in [-0.25, -0.2) is 9.59 Å². The van der Waals surface area contributed by atoms with Crippen LogP contribution in [0, 0.1) is 13.8 Å². The second-order valence-electron chi connectivity index (χ2n) is 11.2. The number of aryl methyl sites for hydroxylation is 2. The van der Waals surface area contributed by atoms with Crippen LogP contribution in [-0.4, -0.2) is 32.4 Å². The van der Waals surface area contributed by atoms with Crippen molar-refractivity contribution in [2.24, 2.45) is 0 Å². The van der Waals surface area contributed by atoms with Crippen LogP contribution < -0.4 is 21.9 Å². The van der Waals surface area contributed by atoms with E-state index in [1.54, 1.807) is 20.8 Å². The first-order valence-electron chi connectivity index (χ1n) is 12.7. The minimum atomic E-state index is -0.849. The number of aromatic nitrogens is 3. The molecule has 1 aromatic heterocycles.